The molecule has 0 atom stereocenters. The van der Waals surface area contributed by atoms with Crippen LogP contribution in [-0.4, -0.2) is 27.0 Å². The van der Waals surface area contributed by atoms with Gasteiger partial charge in [0.05, 0.1) is 0 Å². The van der Waals surface area contributed by atoms with Crippen molar-refractivity contribution in [3.8, 4) is 0 Å². The smallest absolute Gasteiger partial charge is 0.303 e. The first-order valence-corrected chi connectivity index (χ1v) is 5.92. The Morgan fingerprint density at radius 1 is 1.50 bits per heavy atom. The fourth-order valence-corrected chi connectivity index (χ4v) is 2.52. The van der Waals surface area contributed by atoms with Crippen LogP contribution >= 0.6 is 23.1 Å². The summed E-state index contributed by atoms with van der Waals surface area (Å²) >= 11 is 2.92. The van der Waals surface area contributed by atoms with Crippen molar-refractivity contribution in [2.75, 3.05) is 11.5 Å². The maximum absolute atomic E-state index is 10.2. The normalized spacial score (nSPS) is 10.3. The number of aliphatic carboxylic acids is 1. The van der Waals surface area contributed by atoms with E-state index in [1.165, 1.54) is 11.3 Å². The van der Waals surface area contributed by atoms with Crippen molar-refractivity contribution < 1.29 is 9.90 Å². The molecule has 0 amide bonds. The summed E-state index contributed by atoms with van der Waals surface area (Å²) in [5, 5.41) is 16.4. The number of nitrogen functional groups attached to an aromatic ring is 1. The summed E-state index contributed by atoms with van der Waals surface area (Å²) in [6, 6.07) is 0. The van der Waals surface area contributed by atoms with E-state index < -0.39 is 5.97 Å². The third-order valence-corrected chi connectivity index (χ3v) is 3.40. The molecule has 0 spiro atoms. The summed E-state index contributed by atoms with van der Waals surface area (Å²) in [5.74, 6) is 0.122. The lowest BCUT2D eigenvalue weighted by atomic mass is 10.3. The van der Waals surface area contributed by atoms with Crippen LogP contribution in [0.15, 0.2) is 4.34 Å². The minimum Gasteiger partial charge on any atom is -0.481 e. The number of carbonyl (C=O) groups is 1. The average Bonchev–Trinajstić information content (AvgIpc) is 2.50. The molecule has 0 bridgehead atoms. The first-order valence-electron chi connectivity index (χ1n) is 4.12. The lowest BCUT2D eigenvalue weighted by Gasteiger charge is -1.95. The number of nitrogens with zero attached hydrogens (tertiary/aromatic N) is 2. The molecule has 0 fully saturated rings. The number of carboxylic acid groups (broad SMARTS) is 1. The van der Waals surface area contributed by atoms with E-state index in [1.807, 2.05) is 0 Å². The van der Waals surface area contributed by atoms with Gasteiger partial charge in [0, 0.05) is 12.2 Å². The molecule has 0 saturated heterocycles. The van der Waals surface area contributed by atoms with E-state index in [1.54, 1.807) is 11.8 Å². The quantitative estimate of drug-likeness (QED) is 0.571. The van der Waals surface area contributed by atoms with E-state index in [4.69, 9.17) is 10.8 Å². The largest absolute Gasteiger partial charge is 0.481 e. The van der Waals surface area contributed by atoms with E-state index >= 15 is 0 Å². The molecule has 3 N–H and O–H groups in total. The Morgan fingerprint density at radius 3 is 2.86 bits per heavy atom. The number of unbranched alkanes of at least 4 members (excludes halogenated alkanes) is 1. The lowest BCUT2D eigenvalue weighted by Crippen LogP contribution is -1.94. The summed E-state index contributed by atoms with van der Waals surface area (Å²) in [7, 11) is 0. The Labute approximate surface area is 89.7 Å². The van der Waals surface area contributed by atoms with Gasteiger partial charge in [-0.3, -0.25) is 4.79 Å². The molecule has 1 rings (SSSR count). The monoisotopic (exact) mass is 233 g/mol. The Kier molecular flexibility index (Phi) is 4.68. The van der Waals surface area contributed by atoms with Gasteiger partial charge in [-0.15, -0.1) is 10.2 Å². The fourth-order valence-electron chi connectivity index (χ4n) is 0.816. The van der Waals surface area contributed by atoms with Gasteiger partial charge in [-0.25, -0.2) is 0 Å². The van der Waals surface area contributed by atoms with Gasteiger partial charge in [-0.1, -0.05) is 23.1 Å². The van der Waals surface area contributed by atoms with Crippen LogP contribution in [0.25, 0.3) is 0 Å². The molecule has 0 aliphatic carbocycles. The fraction of sp³-hybridized carbons (Fsp3) is 0.571. The van der Waals surface area contributed by atoms with Crippen LogP contribution in [0.3, 0.4) is 0 Å². The van der Waals surface area contributed by atoms with Crippen LogP contribution in [0.4, 0.5) is 5.13 Å². The molecule has 7 heteroatoms. The first kappa shape index (κ1) is 11.3. The predicted molar refractivity (Wildman–Crippen MR) is 56.5 cm³/mol. The van der Waals surface area contributed by atoms with Crippen molar-refractivity contribution in [3.63, 3.8) is 0 Å². The minimum atomic E-state index is -0.741. The number of anilines is 1. The molecule has 0 radical (unpaired) electrons. The van der Waals surface area contributed by atoms with Gasteiger partial charge < -0.3 is 10.8 Å². The van der Waals surface area contributed by atoms with Crippen LogP contribution < -0.4 is 5.73 Å². The number of thioether (sulfide) groups is 1. The van der Waals surface area contributed by atoms with Crippen LogP contribution in [0, 0.1) is 0 Å². The molecule has 0 unspecified atom stereocenters. The molecule has 0 aliphatic rings. The minimum absolute atomic E-state index is 0.235. The van der Waals surface area contributed by atoms with E-state index in [-0.39, 0.29) is 6.42 Å². The Hall–Kier alpha value is -0.820. The SMILES string of the molecule is Nc1nnc(SCCCCC(=O)O)s1. The molecule has 5 nitrogen and oxygen atoms in total. The number of nitrogens with two attached hydrogens (primary N) is 1. The van der Waals surface area contributed by atoms with E-state index in [2.05, 4.69) is 10.2 Å². The van der Waals surface area contributed by atoms with Gasteiger partial charge in [0.15, 0.2) is 4.34 Å². The van der Waals surface area contributed by atoms with Crippen molar-refractivity contribution in [1.29, 1.82) is 0 Å². The van der Waals surface area contributed by atoms with Crippen molar-refractivity contribution in [2.45, 2.75) is 23.6 Å². The number of carboxylic acids is 1. The van der Waals surface area contributed by atoms with Gasteiger partial charge in [-0.05, 0) is 12.8 Å². The van der Waals surface area contributed by atoms with Crippen LogP contribution in [0.5, 0.6) is 0 Å². The molecule has 78 valence electrons. The second kappa shape index (κ2) is 5.82. The topological polar surface area (TPSA) is 89.1 Å². The van der Waals surface area contributed by atoms with Crippen molar-refractivity contribution in [3.05, 3.63) is 0 Å². The third-order valence-electron chi connectivity index (χ3n) is 1.43. The van der Waals surface area contributed by atoms with Crippen LogP contribution in [0.2, 0.25) is 0 Å². The zero-order chi connectivity index (χ0) is 10.4. The average molecular weight is 233 g/mol. The van der Waals surface area contributed by atoms with E-state index in [9.17, 15) is 4.79 Å². The summed E-state index contributed by atoms with van der Waals surface area (Å²) in [5.41, 5.74) is 5.40. The first-order chi connectivity index (χ1) is 6.68. The standard InChI is InChI=1S/C7H11N3O2S2/c8-6-9-10-7(14-6)13-4-2-1-3-5(11)12/h1-4H2,(H2,8,9)(H,11,12). The predicted octanol–water partition coefficient (Wildman–Crippen LogP) is 1.47. The summed E-state index contributed by atoms with van der Waals surface area (Å²) in [6.45, 7) is 0. The van der Waals surface area contributed by atoms with Crippen LogP contribution in [-0.2, 0) is 4.79 Å². The molecule has 1 heterocycles. The van der Waals surface area contributed by atoms with Gasteiger partial charge in [0.2, 0.25) is 5.13 Å². The zero-order valence-electron chi connectivity index (χ0n) is 7.47. The highest BCUT2D eigenvalue weighted by molar-refractivity contribution is 8.01. The second-order valence-corrected chi connectivity index (χ2v) is 4.96. The molecule has 0 aromatic carbocycles. The van der Waals surface area contributed by atoms with Gasteiger partial charge in [0.1, 0.15) is 0 Å². The van der Waals surface area contributed by atoms with Crippen LogP contribution in [0.1, 0.15) is 19.3 Å². The highest BCUT2D eigenvalue weighted by Crippen LogP contribution is 2.24. The van der Waals surface area contributed by atoms with E-state index in [0.29, 0.717) is 11.6 Å². The number of hydrogen-bond donors (Lipinski definition) is 2. The lowest BCUT2D eigenvalue weighted by molar-refractivity contribution is -0.137. The summed E-state index contributed by atoms with van der Waals surface area (Å²) in [4.78, 5) is 10.2. The Bertz CT molecular complexity index is 303. The molecule has 0 saturated carbocycles. The highest BCUT2D eigenvalue weighted by atomic mass is 32.2. The van der Waals surface area contributed by atoms with Crippen molar-refractivity contribution >= 4 is 34.2 Å². The molecular weight excluding hydrogens is 222 g/mol. The summed E-state index contributed by atoms with van der Waals surface area (Å²) < 4.78 is 0.845. The maximum atomic E-state index is 10.2. The number of hydrogen-bond acceptors (Lipinski definition) is 6. The van der Waals surface area contributed by atoms with Gasteiger partial charge >= 0.3 is 5.97 Å². The van der Waals surface area contributed by atoms with Gasteiger partial charge in [-0.2, -0.15) is 0 Å². The molecule has 1 aromatic rings. The zero-order valence-corrected chi connectivity index (χ0v) is 9.11. The summed E-state index contributed by atoms with van der Waals surface area (Å²) in [6.07, 6.45) is 1.81. The second-order valence-electron chi connectivity index (χ2n) is 2.61. The Balaban J connectivity index is 2.07. The van der Waals surface area contributed by atoms with Crippen molar-refractivity contribution in [1.82, 2.24) is 10.2 Å². The highest BCUT2D eigenvalue weighted by Gasteiger charge is 2.01. The molecule has 14 heavy (non-hydrogen) atoms. The molecular formula is C7H11N3O2S2. The molecule has 1 aromatic heterocycles. The molecule has 0 aliphatic heterocycles. The number of rotatable bonds is 6. The van der Waals surface area contributed by atoms with E-state index in [0.717, 1.165) is 16.5 Å². The number of aromatic nitrogens is 2. The third kappa shape index (κ3) is 4.43. The van der Waals surface area contributed by atoms with Gasteiger partial charge in [0.25, 0.3) is 0 Å². The van der Waals surface area contributed by atoms with Crippen molar-refractivity contribution in [2.24, 2.45) is 0 Å². The maximum Gasteiger partial charge on any atom is 0.303 e. The Morgan fingerprint density at radius 2 is 2.29 bits per heavy atom.